The minimum atomic E-state index is -3.74. The number of piperidine rings is 2. The van der Waals surface area contributed by atoms with Crippen LogP contribution >= 0.6 is 0 Å². The Morgan fingerprint density at radius 2 is 1.79 bits per heavy atom. The van der Waals surface area contributed by atoms with Gasteiger partial charge >= 0.3 is 6.09 Å². The molecule has 10 heteroatoms. The van der Waals surface area contributed by atoms with Gasteiger partial charge in [0.25, 0.3) is 0 Å². The highest BCUT2D eigenvalue weighted by Gasteiger charge is 2.49. The fraction of sp³-hybridized carbons (Fsp3) is 0.643. The maximum Gasteiger partial charge on any atom is 0.410 e. The molecule has 2 bridgehead atoms. The molecule has 4 aliphatic heterocycles. The summed E-state index contributed by atoms with van der Waals surface area (Å²) < 4.78 is 39.9. The second-order valence-electron chi connectivity index (χ2n) is 11.5. The van der Waals surface area contributed by atoms with Gasteiger partial charge in [0.15, 0.2) is 5.76 Å². The van der Waals surface area contributed by atoms with Crippen LogP contribution in [0, 0.1) is 13.8 Å². The molecule has 2 atom stereocenters. The first kappa shape index (κ1) is 25.8. The third-order valence-electron chi connectivity index (χ3n) is 9.44. The van der Waals surface area contributed by atoms with E-state index in [0.29, 0.717) is 37.2 Å². The van der Waals surface area contributed by atoms with Gasteiger partial charge in [-0.25, -0.2) is 13.2 Å². The van der Waals surface area contributed by atoms with E-state index in [1.54, 1.807) is 18.2 Å². The number of amides is 1. The maximum absolute atomic E-state index is 13.8. The summed E-state index contributed by atoms with van der Waals surface area (Å²) in [6.07, 6.45) is 5.75. The highest BCUT2D eigenvalue weighted by Crippen LogP contribution is 2.45. The van der Waals surface area contributed by atoms with E-state index in [-0.39, 0.29) is 28.5 Å². The number of likely N-dealkylation sites (tertiary alicyclic amines) is 1. The third-order valence-corrected chi connectivity index (χ3v) is 11.5. The first-order valence-corrected chi connectivity index (χ1v) is 15.4. The highest BCUT2D eigenvalue weighted by molar-refractivity contribution is 7.89. The molecule has 0 saturated carbocycles. The normalized spacial score (nSPS) is 27.4. The van der Waals surface area contributed by atoms with Gasteiger partial charge in [-0.2, -0.15) is 4.31 Å². The number of benzene rings is 1. The number of rotatable bonds is 4. The topological polar surface area (TPSA) is 96.2 Å². The predicted octanol–water partition coefficient (Wildman–Crippen LogP) is 3.98. The summed E-state index contributed by atoms with van der Waals surface area (Å²) in [5.41, 5.74) is 2.57. The molecular formula is C28H38N4O5S. The first-order chi connectivity index (χ1) is 18.2. The van der Waals surface area contributed by atoms with E-state index in [4.69, 9.17) is 9.26 Å². The Kier molecular flexibility index (Phi) is 6.55. The number of aromatic nitrogens is 1. The van der Waals surface area contributed by atoms with Crippen LogP contribution in [0.4, 0.5) is 4.79 Å². The Morgan fingerprint density at radius 1 is 1.11 bits per heavy atom. The molecular weight excluding hydrogens is 504 g/mol. The Labute approximate surface area is 225 Å². The van der Waals surface area contributed by atoms with Crippen molar-refractivity contribution < 1.29 is 22.5 Å². The fourth-order valence-electron chi connectivity index (χ4n) is 7.67. The molecule has 1 amide bonds. The third kappa shape index (κ3) is 4.16. The lowest BCUT2D eigenvalue weighted by molar-refractivity contribution is 0.0237. The Hall–Kier alpha value is -2.43. The summed E-state index contributed by atoms with van der Waals surface area (Å²) in [5.74, 6) is 0.342. The van der Waals surface area contributed by atoms with Crippen LogP contribution in [-0.4, -0.2) is 78.1 Å². The van der Waals surface area contributed by atoms with Crippen LogP contribution in [0.3, 0.4) is 0 Å². The molecule has 0 radical (unpaired) electrons. The van der Waals surface area contributed by atoms with Crippen molar-refractivity contribution in [3.8, 4) is 0 Å². The van der Waals surface area contributed by atoms with Crippen molar-refractivity contribution in [2.24, 2.45) is 0 Å². The Bertz CT molecular complexity index is 1280. The average molecular weight is 543 g/mol. The summed E-state index contributed by atoms with van der Waals surface area (Å²) in [6, 6.07) is 9.33. The van der Waals surface area contributed by atoms with Gasteiger partial charge in [-0.15, -0.1) is 0 Å². The van der Waals surface area contributed by atoms with Gasteiger partial charge in [0.05, 0.1) is 6.61 Å². The average Bonchev–Trinajstić information content (AvgIpc) is 3.39. The number of aryl methyl sites for hydroxylation is 2. The largest absolute Gasteiger partial charge is 0.450 e. The Morgan fingerprint density at radius 3 is 2.42 bits per heavy atom. The molecule has 0 aliphatic carbocycles. The van der Waals surface area contributed by atoms with Crippen molar-refractivity contribution in [2.45, 2.75) is 94.3 Å². The summed E-state index contributed by atoms with van der Waals surface area (Å²) in [6.45, 7) is 8.32. The van der Waals surface area contributed by atoms with Crippen LogP contribution in [0.25, 0.3) is 0 Å². The summed E-state index contributed by atoms with van der Waals surface area (Å²) >= 11 is 0. The second-order valence-corrected chi connectivity index (χ2v) is 13.4. The number of nitrogens with zero attached hydrogens (tertiary/aromatic N) is 4. The quantitative estimate of drug-likeness (QED) is 0.577. The van der Waals surface area contributed by atoms with Crippen LogP contribution in [-0.2, 0) is 26.7 Å². The van der Waals surface area contributed by atoms with E-state index in [0.717, 1.165) is 57.2 Å². The van der Waals surface area contributed by atoms with Gasteiger partial charge in [0.1, 0.15) is 10.6 Å². The van der Waals surface area contributed by atoms with Crippen molar-refractivity contribution >= 4 is 16.1 Å². The van der Waals surface area contributed by atoms with E-state index < -0.39 is 10.0 Å². The molecule has 1 aromatic heterocycles. The second kappa shape index (κ2) is 9.64. The zero-order valence-corrected chi connectivity index (χ0v) is 23.4. The lowest BCUT2D eigenvalue weighted by Gasteiger charge is -2.51. The number of hydrogen-bond donors (Lipinski definition) is 0. The molecule has 5 heterocycles. The highest BCUT2D eigenvalue weighted by atomic mass is 32.2. The van der Waals surface area contributed by atoms with Crippen molar-refractivity contribution in [1.82, 2.24) is 19.3 Å². The van der Waals surface area contributed by atoms with Crippen molar-refractivity contribution in [1.29, 1.82) is 0 Å². The van der Waals surface area contributed by atoms with Gasteiger partial charge in [-0.1, -0.05) is 29.4 Å². The van der Waals surface area contributed by atoms with Gasteiger partial charge in [-0.3, -0.25) is 0 Å². The van der Waals surface area contributed by atoms with E-state index in [1.807, 2.05) is 17.9 Å². The molecule has 4 aliphatic rings. The number of carbonyl (C=O) groups excluding carboxylic acids is 1. The zero-order valence-electron chi connectivity index (χ0n) is 22.6. The van der Waals surface area contributed by atoms with Crippen LogP contribution < -0.4 is 0 Å². The van der Waals surface area contributed by atoms with Gasteiger partial charge in [0.2, 0.25) is 10.0 Å². The Balaban J connectivity index is 1.21. The van der Waals surface area contributed by atoms with Crippen LogP contribution in [0.15, 0.2) is 33.7 Å². The van der Waals surface area contributed by atoms with Crippen LogP contribution in [0.1, 0.15) is 68.0 Å². The molecule has 38 heavy (non-hydrogen) atoms. The van der Waals surface area contributed by atoms with Gasteiger partial charge < -0.3 is 19.1 Å². The standard InChI is InChI=1S/C28H38N4O5S/c1-4-36-27(33)32-22-9-10-23(32)16-24(15-22)30-13-11-28(12-14-30)18-31(17-21-7-5-6-8-25(21)28)38(34,35)26-19(2)29-37-20(26)3/h5-8,22-24H,4,9-18H2,1-3H3. The summed E-state index contributed by atoms with van der Waals surface area (Å²) in [7, 11) is -3.74. The van der Waals surface area contributed by atoms with E-state index in [1.165, 1.54) is 5.56 Å². The molecule has 6 rings (SSSR count). The fourth-order valence-corrected chi connectivity index (χ4v) is 9.47. The first-order valence-electron chi connectivity index (χ1n) is 13.9. The van der Waals surface area contributed by atoms with Crippen molar-refractivity contribution in [2.75, 3.05) is 26.2 Å². The number of sulfonamides is 1. The van der Waals surface area contributed by atoms with Crippen LogP contribution in [0.2, 0.25) is 0 Å². The van der Waals surface area contributed by atoms with E-state index >= 15 is 0 Å². The van der Waals surface area contributed by atoms with Gasteiger partial charge in [0, 0.05) is 36.6 Å². The summed E-state index contributed by atoms with van der Waals surface area (Å²) in [4.78, 5) is 17.3. The molecule has 2 unspecified atom stereocenters. The number of carbonyl (C=O) groups is 1. The lowest BCUT2D eigenvalue weighted by atomic mass is 9.69. The van der Waals surface area contributed by atoms with Crippen LogP contribution in [0.5, 0.6) is 0 Å². The smallest absolute Gasteiger partial charge is 0.410 e. The van der Waals surface area contributed by atoms with E-state index in [9.17, 15) is 13.2 Å². The molecule has 1 spiro atoms. The number of fused-ring (bicyclic) bond motifs is 4. The molecule has 9 nitrogen and oxygen atoms in total. The number of hydrogen-bond acceptors (Lipinski definition) is 7. The maximum atomic E-state index is 13.8. The summed E-state index contributed by atoms with van der Waals surface area (Å²) in [5, 5.41) is 3.91. The molecule has 206 valence electrons. The monoisotopic (exact) mass is 542 g/mol. The number of ether oxygens (including phenoxy) is 1. The lowest BCUT2D eigenvalue weighted by Crippen LogP contribution is -2.57. The SMILES string of the molecule is CCOC(=O)N1C2CCC1CC(N1CCC3(CC1)CN(S(=O)(=O)c1c(C)noc1C)Cc1ccccc13)C2. The van der Waals surface area contributed by atoms with Gasteiger partial charge in [-0.05, 0) is 83.5 Å². The molecule has 3 saturated heterocycles. The van der Waals surface area contributed by atoms with Crippen molar-refractivity contribution in [3.63, 3.8) is 0 Å². The van der Waals surface area contributed by atoms with Crippen molar-refractivity contribution in [3.05, 3.63) is 46.8 Å². The minimum Gasteiger partial charge on any atom is -0.450 e. The zero-order chi connectivity index (χ0) is 26.7. The molecule has 2 aromatic rings. The van der Waals surface area contributed by atoms with E-state index in [2.05, 4.69) is 28.3 Å². The predicted molar refractivity (Wildman–Crippen MR) is 141 cm³/mol. The molecule has 1 aromatic carbocycles. The minimum absolute atomic E-state index is 0.158. The molecule has 0 N–H and O–H groups in total. The molecule has 3 fully saturated rings.